The van der Waals surface area contributed by atoms with Gasteiger partial charge in [0.25, 0.3) is 5.91 Å². The van der Waals surface area contributed by atoms with Crippen LogP contribution in [-0.4, -0.2) is 43.4 Å². The lowest BCUT2D eigenvalue weighted by Gasteiger charge is -2.26. The number of nitrogens with one attached hydrogen (secondary N) is 2. The third-order valence-corrected chi connectivity index (χ3v) is 5.49. The highest BCUT2D eigenvalue weighted by Crippen LogP contribution is 2.22. The van der Waals surface area contributed by atoms with Gasteiger partial charge in [0, 0.05) is 17.0 Å². The van der Waals surface area contributed by atoms with Crippen molar-refractivity contribution in [1.82, 2.24) is 15.5 Å². The first-order chi connectivity index (χ1) is 12.8. The van der Waals surface area contributed by atoms with Crippen LogP contribution in [0.2, 0.25) is 0 Å². The predicted molar refractivity (Wildman–Crippen MR) is 111 cm³/mol. The maximum Gasteiger partial charge on any atom is 0.251 e. The quantitative estimate of drug-likeness (QED) is 0.731. The fraction of sp³-hybridized carbons (Fsp3) is 0.429. The fourth-order valence-corrected chi connectivity index (χ4v) is 3.71. The fourth-order valence-electron chi connectivity index (χ4n) is 2.79. The van der Waals surface area contributed by atoms with Gasteiger partial charge in [-0.05, 0) is 50.5 Å². The van der Waals surface area contributed by atoms with Gasteiger partial charge in [-0.2, -0.15) is 0 Å². The summed E-state index contributed by atoms with van der Waals surface area (Å²) in [6.45, 7) is 6.33. The van der Waals surface area contributed by atoms with Crippen LogP contribution in [0, 0.1) is 12.8 Å². The molecule has 0 radical (unpaired) electrons. The van der Waals surface area contributed by atoms with Crippen molar-refractivity contribution < 1.29 is 9.59 Å². The van der Waals surface area contributed by atoms with Crippen molar-refractivity contribution in [2.75, 3.05) is 20.6 Å². The Kier molecular flexibility index (Phi) is 7.56. The molecule has 0 bridgehead atoms. The summed E-state index contributed by atoms with van der Waals surface area (Å²) in [6, 6.07) is 10.9. The van der Waals surface area contributed by atoms with Gasteiger partial charge in [-0.3, -0.25) is 9.59 Å². The molecule has 2 aromatic rings. The smallest absolute Gasteiger partial charge is 0.251 e. The van der Waals surface area contributed by atoms with Gasteiger partial charge in [0.2, 0.25) is 5.91 Å². The molecule has 0 saturated carbocycles. The van der Waals surface area contributed by atoms with E-state index < -0.39 is 6.04 Å². The number of benzene rings is 1. The Bertz CT molecular complexity index is 739. The zero-order valence-corrected chi connectivity index (χ0v) is 17.5. The summed E-state index contributed by atoms with van der Waals surface area (Å²) in [7, 11) is 3.99. The number of nitrogens with zero attached hydrogens (tertiary/aromatic N) is 1. The first-order valence-electron chi connectivity index (χ1n) is 9.14. The number of hydrogen-bond acceptors (Lipinski definition) is 4. The van der Waals surface area contributed by atoms with E-state index in [0.717, 1.165) is 5.56 Å². The minimum Gasteiger partial charge on any atom is -0.352 e. The van der Waals surface area contributed by atoms with Crippen molar-refractivity contribution in [3.8, 4) is 0 Å². The highest BCUT2D eigenvalue weighted by Gasteiger charge is 2.26. The molecule has 0 aliphatic rings. The zero-order valence-electron chi connectivity index (χ0n) is 16.7. The van der Waals surface area contributed by atoms with E-state index in [4.69, 9.17) is 0 Å². The average molecular weight is 388 g/mol. The van der Waals surface area contributed by atoms with Crippen molar-refractivity contribution in [2.24, 2.45) is 5.92 Å². The molecule has 5 nitrogen and oxygen atoms in total. The molecular formula is C21H29N3O2S. The van der Waals surface area contributed by atoms with E-state index in [1.165, 1.54) is 4.88 Å². The lowest BCUT2D eigenvalue weighted by Crippen LogP contribution is -2.50. The number of carbonyl (C=O) groups excluding carboxylic acids is 2. The van der Waals surface area contributed by atoms with Crippen LogP contribution in [-0.2, 0) is 4.79 Å². The van der Waals surface area contributed by atoms with Crippen LogP contribution in [0.3, 0.4) is 0 Å². The van der Waals surface area contributed by atoms with Gasteiger partial charge >= 0.3 is 0 Å². The molecule has 0 saturated heterocycles. The first kappa shape index (κ1) is 21.1. The number of thiophene rings is 1. The van der Waals surface area contributed by atoms with Gasteiger partial charge < -0.3 is 15.5 Å². The van der Waals surface area contributed by atoms with Crippen molar-refractivity contribution in [1.29, 1.82) is 0 Å². The maximum atomic E-state index is 12.8. The van der Waals surface area contributed by atoms with E-state index in [-0.39, 0.29) is 23.8 Å². The summed E-state index contributed by atoms with van der Waals surface area (Å²) in [5, 5.41) is 7.92. The van der Waals surface area contributed by atoms with Crippen LogP contribution in [0.1, 0.15) is 40.7 Å². The van der Waals surface area contributed by atoms with E-state index in [1.807, 2.05) is 58.4 Å². The number of amides is 2. The molecule has 2 rings (SSSR count). The molecule has 27 heavy (non-hydrogen) atoms. The molecular weight excluding hydrogens is 358 g/mol. The lowest BCUT2D eigenvalue weighted by atomic mass is 10.0. The highest BCUT2D eigenvalue weighted by atomic mass is 32.1. The lowest BCUT2D eigenvalue weighted by molar-refractivity contribution is -0.124. The molecule has 0 spiro atoms. The Morgan fingerprint density at radius 2 is 1.78 bits per heavy atom. The molecule has 2 N–H and O–H groups in total. The molecule has 2 atom stereocenters. The molecule has 1 heterocycles. The average Bonchev–Trinajstić information content (AvgIpc) is 3.13. The summed E-state index contributed by atoms with van der Waals surface area (Å²) in [5.74, 6) is -0.404. The Hall–Kier alpha value is -2.18. The summed E-state index contributed by atoms with van der Waals surface area (Å²) >= 11 is 1.67. The zero-order chi connectivity index (χ0) is 20.0. The SMILES string of the molecule is Cc1ccc(C(=O)NC(C(=O)NCC(c2cccs2)N(C)C)C(C)C)cc1. The summed E-state index contributed by atoms with van der Waals surface area (Å²) < 4.78 is 0. The van der Waals surface area contributed by atoms with Crippen LogP contribution in [0.5, 0.6) is 0 Å². The first-order valence-corrected chi connectivity index (χ1v) is 10.0. The van der Waals surface area contributed by atoms with Crippen molar-refractivity contribution in [3.05, 3.63) is 57.8 Å². The topological polar surface area (TPSA) is 61.4 Å². The maximum absolute atomic E-state index is 12.8. The van der Waals surface area contributed by atoms with Crippen LogP contribution in [0.4, 0.5) is 0 Å². The van der Waals surface area contributed by atoms with Crippen molar-refractivity contribution in [2.45, 2.75) is 32.9 Å². The van der Waals surface area contributed by atoms with Gasteiger partial charge in [0.15, 0.2) is 0 Å². The molecule has 0 fully saturated rings. The van der Waals surface area contributed by atoms with Crippen molar-refractivity contribution >= 4 is 23.2 Å². The Balaban J connectivity index is 2.01. The molecule has 2 unspecified atom stereocenters. The summed E-state index contributed by atoms with van der Waals surface area (Å²) in [5.41, 5.74) is 1.65. The summed E-state index contributed by atoms with van der Waals surface area (Å²) in [6.07, 6.45) is 0. The molecule has 2 amide bonds. The van der Waals surface area contributed by atoms with E-state index in [1.54, 1.807) is 23.5 Å². The molecule has 1 aromatic carbocycles. The number of aryl methyl sites for hydroxylation is 1. The van der Waals surface area contributed by atoms with Crippen LogP contribution < -0.4 is 10.6 Å². The van der Waals surface area contributed by atoms with E-state index in [0.29, 0.717) is 12.1 Å². The second-order valence-electron chi connectivity index (χ2n) is 7.30. The molecule has 0 aliphatic carbocycles. The standard InChI is InChI=1S/C21H29N3O2S/c1-14(2)19(23-20(25)16-10-8-15(3)9-11-16)21(26)22-13-17(24(4)5)18-7-6-12-27-18/h6-12,14,17,19H,13H2,1-5H3,(H,22,26)(H,23,25). The largest absolute Gasteiger partial charge is 0.352 e. The number of rotatable bonds is 8. The second-order valence-corrected chi connectivity index (χ2v) is 8.28. The van der Waals surface area contributed by atoms with E-state index in [2.05, 4.69) is 21.6 Å². The third-order valence-electron chi connectivity index (χ3n) is 4.51. The van der Waals surface area contributed by atoms with E-state index >= 15 is 0 Å². The number of hydrogen-bond donors (Lipinski definition) is 2. The molecule has 1 aromatic heterocycles. The van der Waals surface area contributed by atoms with E-state index in [9.17, 15) is 9.59 Å². The minimum absolute atomic E-state index is 0.0149. The van der Waals surface area contributed by atoms with Gasteiger partial charge in [0.1, 0.15) is 6.04 Å². The number of carbonyl (C=O) groups is 2. The minimum atomic E-state index is -0.579. The Morgan fingerprint density at radius 1 is 1.11 bits per heavy atom. The molecule has 0 aliphatic heterocycles. The Labute approximate surface area is 165 Å². The normalized spacial score (nSPS) is 13.4. The van der Waals surface area contributed by atoms with Gasteiger partial charge in [-0.25, -0.2) is 0 Å². The van der Waals surface area contributed by atoms with Crippen LogP contribution >= 0.6 is 11.3 Å². The van der Waals surface area contributed by atoms with Gasteiger partial charge in [-0.1, -0.05) is 37.6 Å². The second kappa shape index (κ2) is 9.67. The van der Waals surface area contributed by atoms with Crippen LogP contribution in [0.15, 0.2) is 41.8 Å². The summed E-state index contributed by atoms with van der Waals surface area (Å²) in [4.78, 5) is 28.6. The van der Waals surface area contributed by atoms with Gasteiger partial charge in [-0.15, -0.1) is 11.3 Å². The highest BCUT2D eigenvalue weighted by molar-refractivity contribution is 7.10. The van der Waals surface area contributed by atoms with Crippen molar-refractivity contribution in [3.63, 3.8) is 0 Å². The monoisotopic (exact) mass is 387 g/mol. The van der Waals surface area contributed by atoms with Gasteiger partial charge in [0.05, 0.1) is 6.04 Å². The molecule has 6 heteroatoms. The van der Waals surface area contributed by atoms with Crippen LogP contribution in [0.25, 0.3) is 0 Å². The predicted octanol–water partition coefficient (Wildman–Crippen LogP) is 3.23. The number of likely N-dealkylation sites (N-methyl/N-ethyl adjacent to an activating group) is 1. The molecule has 146 valence electrons. The Morgan fingerprint density at radius 3 is 2.30 bits per heavy atom. The third kappa shape index (κ3) is 5.91.